The minimum Gasteiger partial charge on any atom is -0.431 e. The molecule has 110 valence electrons. The fourth-order valence-electron chi connectivity index (χ4n) is 2.25. The van der Waals surface area contributed by atoms with Crippen LogP contribution in [0.4, 0.5) is 4.39 Å². The number of carbonyl (C=O) groups excluding carboxylic acids is 1. The number of aromatic nitrogens is 1. The molecule has 0 radical (unpaired) electrons. The molecule has 3 rings (SSSR count). The van der Waals surface area contributed by atoms with Gasteiger partial charge in [-0.1, -0.05) is 11.8 Å². The lowest BCUT2D eigenvalue weighted by Crippen LogP contribution is -2.29. The van der Waals surface area contributed by atoms with Crippen LogP contribution in [0.5, 0.6) is 0 Å². The van der Waals surface area contributed by atoms with Gasteiger partial charge in [-0.3, -0.25) is 4.79 Å². The molecule has 6 heteroatoms. The maximum Gasteiger partial charge on any atom is 0.256 e. The highest BCUT2D eigenvalue weighted by Crippen LogP contribution is 2.26. The minimum atomic E-state index is -0.288. The molecule has 21 heavy (non-hydrogen) atoms. The summed E-state index contributed by atoms with van der Waals surface area (Å²) in [6.07, 6.45) is 3.77. The third kappa shape index (κ3) is 3.44. The highest BCUT2D eigenvalue weighted by Gasteiger charge is 2.18. The molecule has 1 aliphatic rings. The van der Waals surface area contributed by atoms with Crippen molar-refractivity contribution in [2.75, 3.05) is 18.8 Å². The lowest BCUT2D eigenvalue weighted by molar-refractivity contribution is -0.127. The van der Waals surface area contributed by atoms with Crippen molar-refractivity contribution in [3.8, 4) is 11.3 Å². The zero-order chi connectivity index (χ0) is 14.7. The molecule has 0 unspecified atom stereocenters. The van der Waals surface area contributed by atoms with Gasteiger partial charge in [0.2, 0.25) is 5.91 Å². The van der Waals surface area contributed by atoms with Crippen molar-refractivity contribution in [1.82, 2.24) is 9.88 Å². The molecule has 1 aromatic heterocycles. The van der Waals surface area contributed by atoms with Gasteiger partial charge in [0, 0.05) is 18.7 Å². The Balaban J connectivity index is 1.60. The molecule has 2 heterocycles. The molecule has 0 spiro atoms. The second-order valence-corrected chi connectivity index (χ2v) is 5.80. The zero-order valence-electron chi connectivity index (χ0n) is 11.4. The van der Waals surface area contributed by atoms with Crippen LogP contribution in [0, 0.1) is 5.82 Å². The largest absolute Gasteiger partial charge is 0.431 e. The van der Waals surface area contributed by atoms with Gasteiger partial charge >= 0.3 is 0 Å². The molecular weight excluding hydrogens is 291 g/mol. The first-order valence-electron chi connectivity index (χ1n) is 6.85. The second-order valence-electron chi connectivity index (χ2n) is 4.87. The molecule has 0 atom stereocenters. The normalized spacial score (nSPS) is 14.6. The third-order valence-electron chi connectivity index (χ3n) is 3.39. The molecule has 2 aromatic rings. The van der Waals surface area contributed by atoms with Crippen molar-refractivity contribution in [3.05, 3.63) is 36.3 Å². The van der Waals surface area contributed by atoms with Gasteiger partial charge in [-0.2, -0.15) is 0 Å². The van der Waals surface area contributed by atoms with Crippen molar-refractivity contribution < 1.29 is 13.6 Å². The van der Waals surface area contributed by atoms with Crippen LogP contribution >= 0.6 is 11.8 Å². The van der Waals surface area contributed by atoms with Crippen LogP contribution in [-0.2, 0) is 4.79 Å². The molecule has 0 saturated carbocycles. The average molecular weight is 306 g/mol. The summed E-state index contributed by atoms with van der Waals surface area (Å²) in [7, 11) is 0. The topological polar surface area (TPSA) is 46.3 Å². The smallest absolute Gasteiger partial charge is 0.256 e. The van der Waals surface area contributed by atoms with E-state index in [1.807, 2.05) is 4.90 Å². The van der Waals surface area contributed by atoms with E-state index in [2.05, 4.69) is 4.98 Å². The summed E-state index contributed by atoms with van der Waals surface area (Å²) in [4.78, 5) is 17.9. The SMILES string of the molecule is O=C(CSc1ncc(-c2ccc(F)cc2)o1)N1CCCC1. The number of rotatable bonds is 4. The molecule has 1 aliphatic heterocycles. The second kappa shape index (κ2) is 6.30. The zero-order valence-corrected chi connectivity index (χ0v) is 12.2. The summed E-state index contributed by atoms with van der Waals surface area (Å²) >= 11 is 1.29. The Labute approximate surface area is 126 Å². The summed E-state index contributed by atoms with van der Waals surface area (Å²) in [5, 5.41) is 0.460. The molecule has 0 N–H and O–H groups in total. The number of benzene rings is 1. The van der Waals surface area contributed by atoms with E-state index in [-0.39, 0.29) is 11.7 Å². The van der Waals surface area contributed by atoms with Gasteiger partial charge in [0.1, 0.15) is 5.82 Å². The van der Waals surface area contributed by atoms with E-state index in [4.69, 9.17) is 4.42 Å². The molecule has 0 aliphatic carbocycles. The quantitative estimate of drug-likeness (QED) is 0.814. The summed E-state index contributed by atoms with van der Waals surface area (Å²) in [5.74, 6) is 0.748. The van der Waals surface area contributed by atoms with Gasteiger partial charge in [0.15, 0.2) is 5.76 Å². The maximum absolute atomic E-state index is 12.9. The van der Waals surface area contributed by atoms with Crippen molar-refractivity contribution >= 4 is 17.7 Å². The standard InChI is InChI=1S/C15H15FN2O2S/c16-12-5-3-11(4-6-12)13-9-17-15(20-13)21-10-14(19)18-7-1-2-8-18/h3-6,9H,1-2,7-8,10H2. The number of amides is 1. The lowest BCUT2D eigenvalue weighted by atomic mass is 10.2. The monoisotopic (exact) mass is 306 g/mol. The Hall–Kier alpha value is -1.82. The molecule has 1 fully saturated rings. The van der Waals surface area contributed by atoms with Gasteiger partial charge in [0.05, 0.1) is 11.9 Å². The highest BCUT2D eigenvalue weighted by atomic mass is 32.2. The number of hydrogen-bond acceptors (Lipinski definition) is 4. The fraction of sp³-hybridized carbons (Fsp3) is 0.333. The van der Waals surface area contributed by atoms with Crippen LogP contribution in [0.3, 0.4) is 0 Å². The van der Waals surface area contributed by atoms with E-state index in [1.165, 1.54) is 23.9 Å². The number of oxazole rings is 1. The first-order chi connectivity index (χ1) is 10.2. The van der Waals surface area contributed by atoms with Crippen molar-refractivity contribution in [2.24, 2.45) is 0 Å². The van der Waals surface area contributed by atoms with Gasteiger partial charge in [-0.25, -0.2) is 9.37 Å². The van der Waals surface area contributed by atoms with Crippen LogP contribution in [-0.4, -0.2) is 34.6 Å². The lowest BCUT2D eigenvalue weighted by Gasteiger charge is -2.13. The average Bonchev–Trinajstić information content (AvgIpc) is 3.17. The van der Waals surface area contributed by atoms with E-state index in [0.29, 0.717) is 16.7 Å². The number of hydrogen-bond donors (Lipinski definition) is 0. The number of nitrogens with zero attached hydrogens (tertiary/aromatic N) is 2. The summed E-state index contributed by atoms with van der Waals surface area (Å²) in [6, 6.07) is 6.03. The summed E-state index contributed by atoms with van der Waals surface area (Å²) in [5.41, 5.74) is 0.765. The van der Waals surface area contributed by atoms with E-state index < -0.39 is 0 Å². The Morgan fingerprint density at radius 1 is 1.29 bits per heavy atom. The Morgan fingerprint density at radius 2 is 2.00 bits per heavy atom. The highest BCUT2D eigenvalue weighted by molar-refractivity contribution is 7.99. The van der Waals surface area contributed by atoms with E-state index in [0.717, 1.165) is 31.5 Å². The minimum absolute atomic E-state index is 0.124. The van der Waals surface area contributed by atoms with Gasteiger partial charge in [-0.15, -0.1) is 0 Å². The van der Waals surface area contributed by atoms with E-state index in [9.17, 15) is 9.18 Å². The van der Waals surface area contributed by atoms with Crippen LogP contribution < -0.4 is 0 Å². The van der Waals surface area contributed by atoms with Crippen LogP contribution in [0.25, 0.3) is 11.3 Å². The first kappa shape index (κ1) is 14.1. The maximum atomic E-state index is 12.9. The van der Waals surface area contributed by atoms with Crippen LogP contribution in [0.1, 0.15) is 12.8 Å². The Morgan fingerprint density at radius 3 is 2.71 bits per heavy atom. The van der Waals surface area contributed by atoms with Crippen LogP contribution in [0.2, 0.25) is 0 Å². The number of halogens is 1. The van der Waals surface area contributed by atoms with Gasteiger partial charge in [0.25, 0.3) is 5.22 Å². The molecule has 1 saturated heterocycles. The van der Waals surface area contributed by atoms with Crippen molar-refractivity contribution in [3.63, 3.8) is 0 Å². The number of thioether (sulfide) groups is 1. The predicted molar refractivity (Wildman–Crippen MR) is 78.4 cm³/mol. The van der Waals surface area contributed by atoms with Gasteiger partial charge < -0.3 is 9.32 Å². The predicted octanol–water partition coefficient (Wildman–Crippen LogP) is 3.20. The van der Waals surface area contributed by atoms with E-state index >= 15 is 0 Å². The van der Waals surface area contributed by atoms with Crippen molar-refractivity contribution in [1.29, 1.82) is 0 Å². The van der Waals surface area contributed by atoms with Gasteiger partial charge in [-0.05, 0) is 37.1 Å². The Bertz CT molecular complexity index is 621. The van der Waals surface area contributed by atoms with Crippen molar-refractivity contribution in [2.45, 2.75) is 18.1 Å². The molecule has 1 aromatic carbocycles. The Kier molecular flexibility index (Phi) is 4.24. The van der Waals surface area contributed by atoms with Crippen LogP contribution in [0.15, 0.2) is 40.1 Å². The number of carbonyl (C=O) groups is 1. The third-order valence-corrected chi connectivity index (χ3v) is 4.22. The molecular formula is C15H15FN2O2S. The molecule has 1 amide bonds. The number of likely N-dealkylation sites (tertiary alicyclic amines) is 1. The summed E-state index contributed by atoms with van der Waals surface area (Å²) in [6.45, 7) is 1.71. The molecule has 4 nitrogen and oxygen atoms in total. The van der Waals surface area contributed by atoms with E-state index in [1.54, 1.807) is 18.3 Å². The fourth-order valence-corrected chi connectivity index (χ4v) is 2.96. The summed E-state index contributed by atoms with van der Waals surface area (Å²) < 4.78 is 18.5. The molecule has 0 bridgehead atoms. The first-order valence-corrected chi connectivity index (χ1v) is 7.83.